The smallest absolute Gasteiger partial charge is 0.337 e. The van der Waals surface area contributed by atoms with E-state index in [4.69, 9.17) is 40.5 Å². The van der Waals surface area contributed by atoms with Crippen LogP contribution >= 0.6 is 34.8 Å². The molecule has 0 aliphatic rings. The van der Waals surface area contributed by atoms with Crippen LogP contribution in [-0.4, -0.2) is 12.1 Å². The van der Waals surface area contributed by atoms with E-state index in [1.165, 1.54) is 0 Å². The van der Waals surface area contributed by atoms with Gasteiger partial charge in [-0.3, -0.25) is 4.79 Å². The number of pyridine rings is 1. The Morgan fingerprint density at radius 1 is 1.08 bits per heavy atom. The molecule has 1 aromatic heterocycles. The van der Waals surface area contributed by atoms with Gasteiger partial charge < -0.3 is 5.73 Å². The van der Waals surface area contributed by atoms with Crippen molar-refractivity contribution in [3.63, 3.8) is 0 Å². The first-order valence-corrected chi connectivity index (χ1v) is 8.29. The van der Waals surface area contributed by atoms with Gasteiger partial charge in [-0.1, -0.05) is 65.7 Å². The molecule has 0 aliphatic heterocycles. The van der Waals surface area contributed by atoms with Gasteiger partial charge in [0, 0.05) is 5.56 Å². The number of aromatic nitrogens is 1. The lowest BCUT2D eigenvalue weighted by atomic mass is 10.1. The molecule has 0 saturated heterocycles. The monoisotopic (exact) mass is 393 g/mol. The molecule has 0 radical (unpaired) electrons. The summed E-state index contributed by atoms with van der Waals surface area (Å²) in [6.45, 7) is 0. The summed E-state index contributed by atoms with van der Waals surface area (Å²) in [5, 5.41) is 6.12. The normalized spacial score (nSPS) is 11.2. The zero-order chi connectivity index (χ0) is 18.0. The Balaban J connectivity index is 1.84. The Morgan fingerprint density at radius 2 is 1.80 bits per heavy atom. The van der Waals surface area contributed by atoms with Crippen molar-refractivity contribution in [3.8, 4) is 0 Å². The summed E-state index contributed by atoms with van der Waals surface area (Å²) < 4.78 is 0. The number of nitrogens with two attached hydrogens (primary N) is 1. The van der Waals surface area contributed by atoms with Crippen molar-refractivity contribution < 1.29 is 9.78 Å². The fourth-order valence-corrected chi connectivity index (χ4v) is 2.92. The molecule has 25 heavy (non-hydrogen) atoms. The second-order valence-corrected chi connectivity index (χ2v) is 6.26. The lowest BCUT2D eigenvalue weighted by Crippen LogP contribution is -2.28. The molecule has 0 bridgehead atoms. The van der Waals surface area contributed by atoms with Crippen LogP contribution in [0.1, 0.15) is 16.1 Å². The van der Waals surface area contributed by atoms with Crippen LogP contribution < -0.4 is 16.1 Å². The van der Waals surface area contributed by atoms with Gasteiger partial charge in [-0.15, -0.1) is 0 Å². The average molecular weight is 395 g/mol. The molecule has 0 saturated carbocycles. The second kappa shape index (κ2) is 7.27. The van der Waals surface area contributed by atoms with Gasteiger partial charge in [-0.25, -0.2) is 5.43 Å². The molecule has 3 aromatic rings. The average Bonchev–Trinajstić information content (AvgIpc) is 2.63. The van der Waals surface area contributed by atoms with E-state index in [1.807, 2.05) is 42.5 Å². The van der Waals surface area contributed by atoms with Crippen LogP contribution in [0.2, 0.25) is 15.2 Å². The number of hydrogen-bond acceptors (Lipinski definition) is 3. The number of nitrogens with zero attached hydrogens (tertiary/aromatic N) is 1. The lowest BCUT2D eigenvalue weighted by Gasteiger charge is -2.03. The molecular weight excluding hydrogens is 383 g/mol. The Hall–Kier alpha value is -2.34. The van der Waals surface area contributed by atoms with Gasteiger partial charge in [0.25, 0.3) is 10.8 Å². The van der Waals surface area contributed by atoms with E-state index in [-0.39, 0.29) is 26.6 Å². The molecule has 4 N–H and O–H groups in total. The Bertz CT molecular complexity index is 999. The SMILES string of the molecule is Nc1c(Cl)c(Cl)[nH+]c(C(=O)N/N=C\c2cccc3ccccc23)c1Cl. The Morgan fingerprint density at radius 3 is 2.60 bits per heavy atom. The van der Waals surface area contributed by atoms with Crippen molar-refractivity contribution in [3.05, 3.63) is 68.9 Å². The minimum atomic E-state index is -0.591. The molecule has 5 nitrogen and oxygen atoms in total. The third kappa shape index (κ3) is 3.54. The second-order valence-electron chi connectivity index (χ2n) is 5.12. The maximum absolute atomic E-state index is 12.2. The van der Waals surface area contributed by atoms with Crippen LogP contribution in [0, 0.1) is 0 Å². The number of H-pyrrole nitrogens is 1. The number of carbonyl (C=O) groups excluding carboxylic acids is 1. The zero-order valence-electron chi connectivity index (χ0n) is 12.7. The van der Waals surface area contributed by atoms with Crippen molar-refractivity contribution in [2.45, 2.75) is 0 Å². The van der Waals surface area contributed by atoms with Gasteiger partial charge in [0.1, 0.15) is 10.0 Å². The number of amides is 1. The molecule has 0 fully saturated rings. The van der Waals surface area contributed by atoms with Crippen molar-refractivity contribution in [1.82, 2.24) is 5.43 Å². The van der Waals surface area contributed by atoms with E-state index in [0.717, 1.165) is 16.3 Å². The summed E-state index contributed by atoms with van der Waals surface area (Å²) in [7, 11) is 0. The van der Waals surface area contributed by atoms with E-state index >= 15 is 0 Å². The first-order valence-electron chi connectivity index (χ1n) is 7.15. The number of carbonyl (C=O) groups is 1. The molecule has 3 rings (SSSR count). The number of anilines is 1. The van der Waals surface area contributed by atoms with Gasteiger partial charge in [0.05, 0.1) is 11.9 Å². The van der Waals surface area contributed by atoms with Crippen molar-refractivity contribution in [2.24, 2.45) is 5.10 Å². The van der Waals surface area contributed by atoms with Crippen LogP contribution in [0.3, 0.4) is 0 Å². The summed E-state index contributed by atoms with van der Waals surface area (Å²) in [5.74, 6) is -0.591. The summed E-state index contributed by atoms with van der Waals surface area (Å²) in [5.41, 5.74) is 8.96. The fraction of sp³-hybridized carbons (Fsp3) is 0. The van der Waals surface area contributed by atoms with Crippen LogP contribution in [0.15, 0.2) is 47.6 Å². The number of hydrazone groups is 1. The van der Waals surface area contributed by atoms with Crippen LogP contribution in [-0.2, 0) is 0 Å². The number of hydrogen-bond donors (Lipinski definition) is 2. The molecule has 2 aromatic carbocycles. The highest BCUT2D eigenvalue weighted by Crippen LogP contribution is 2.31. The first kappa shape index (κ1) is 17.5. The largest absolute Gasteiger partial charge is 0.396 e. The number of nitrogen functional groups attached to an aromatic ring is 1. The van der Waals surface area contributed by atoms with Gasteiger partial charge in [0.15, 0.2) is 0 Å². The molecule has 1 heterocycles. The van der Waals surface area contributed by atoms with Gasteiger partial charge in [0.2, 0.25) is 0 Å². The predicted molar refractivity (Wildman–Crippen MR) is 101 cm³/mol. The number of halogens is 3. The van der Waals surface area contributed by atoms with Crippen molar-refractivity contribution in [2.75, 3.05) is 5.73 Å². The van der Waals surface area contributed by atoms with Crippen LogP contribution in [0.5, 0.6) is 0 Å². The molecule has 1 amide bonds. The third-order valence-corrected chi connectivity index (χ3v) is 4.71. The minimum Gasteiger partial charge on any atom is -0.396 e. The topological polar surface area (TPSA) is 81.6 Å². The Labute approximate surface area is 158 Å². The summed E-state index contributed by atoms with van der Waals surface area (Å²) in [6.07, 6.45) is 1.55. The Kier molecular flexibility index (Phi) is 5.08. The quantitative estimate of drug-likeness (QED) is 0.400. The highest BCUT2D eigenvalue weighted by Gasteiger charge is 2.25. The van der Waals surface area contributed by atoms with Gasteiger partial charge in [-0.2, -0.15) is 10.1 Å². The third-order valence-electron chi connectivity index (χ3n) is 3.54. The molecule has 0 spiro atoms. The minimum absolute atomic E-state index is 0.0201. The standard InChI is InChI=1S/C17H11Cl3N4O/c18-12-14(21)13(19)16(20)23-15(12)17(25)24-22-8-10-6-3-5-9-4-1-2-7-11(9)10/h1-8H,(H2,21,23)(H,24,25)/p+1/b22-8-. The molecule has 0 atom stereocenters. The summed E-state index contributed by atoms with van der Waals surface area (Å²) in [4.78, 5) is 14.8. The fourth-order valence-electron chi connectivity index (χ4n) is 2.30. The maximum atomic E-state index is 12.2. The zero-order valence-corrected chi connectivity index (χ0v) is 15.0. The molecule has 126 valence electrons. The van der Waals surface area contributed by atoms with Gasteiger partial charge >= 0.3 is 5.91 Å². The van der Waals surface area contributed by atoms with E-state index in [9.17, 15) is 4.79 Å². The van der Waals surface area contributed by atoms with Gasteiger partial charge in [-0.05, 0) is 22.4 Å². The number of rotatable bonds is 3. The highest BCUT2D eigenvalue weighted by atomic mass is 35.5. The summed E-state index contributed by atoms with van der Waals surface area (Å²) >= 11 is 17.8. The predicted octanol–water partition coefficient (Wildman–Crippen LogP) is 3.96. The molecular formula is C17H12Cl3N4O+. The van der Waals surface area contributed by atoms with Crippen LogP contribution in [0.4, 0.5) is 5.69 Å². The maximum Gasteiger partial charge on any atom is 0.337 e. The van der Waals surface area contributed by atoms with E-state index in [1.54, 1.807) is 6.21 Å². The molecule has 0 aliphatic carbocycles. The summed E-state index contributed by atoms with van der Waals surface area (Å²) in [6, 6.07) is 13.7. The number of fused-ring (bicyclic) bond motifs is 1. The molecule has 8 heteroatoms. The number of aromatic amines is 1. The number of nitrogens with one attached hydrogen (secondary N) is 2. The van der Waals surface area contributed by atoms with E-state index in [0.29, 0.717) is 0 Å². The van der Waals surface area contributed by atoms with Crippen molar-refractivity contribution >= 4 is 63.4 Å². The molecule has 0 unspecified atom stereocenters. The highest BCUT2D eigenvalue weighted by molar-refractivity contribution is 6.45. The number of benzene rings is 2. The lowest BCUT2D eigenvalue weighted by molar-refractivity contribution is -0.379. The van der Waals surface area contributed by atoms with Crippen LogP contribution in [0.25, 0.3) is 10.8 Å². The van der Waals surface area contributed by atoms with Crippen molar-refractivity contribution in [1.29, 1.82) is 0 Å². The van der Waals surface area contributed by atoms with E-state index in [2.05, 4.69) is 15.5 Å². The van der Waals surface area contributed by atoms with E-state index < -0.39 is 5.91 Å². The first-order chi connectivity index (χ1) is 12.0.